The highest BCUT2D eigenvalue weighted by Gasteiger charge is 2.22. The zero-order valence-electron chi connectivity index (χ0n) is 15.7. The van der Waals surface area contributed by atoms with Gasteiger partial charge in [-0.3, -0.25) is 9.48 Å². The molecule has 0 radical (unpaired) electrons. The van der Waals surface area contributed by atoms with Gasteiger partial charge in [0.25, 0.3) is 5.91 Å². The van der Waals surface area contributed by atoms with Gasteiger partial charge < -0.3 is 19.5 Å². The maximum absolute atomic E-state index is 12.3. The Labute approximate surface area is 152 Å². The van der Waals surface area contributed by atoms with Crippen molar-refractivity contribution in [3.05, 3.63) is 35.2 Å². The lowest BCUT2D eigenvalue weighted by Gasteiger charge is -2.14. The number of nitrogens with one attached hydrogen (secondary N) is 1. The second-order valence-corrected chi connectivity index (χ2v) is 5.78. The fourth-order valence-electron chi connectivity index (χ4n) is 2.42. The van der Waals surface area contributed by atoms with Gasteiger partial charge in [0.2, 0.25) is 0 Å². The van der Waals surface area contributed by atoms with Crippen molar-refractivity contribution in [2.75, 3.05) is 19.5 Å². The normalized spacial score (nSPS) is 11.6. The van der Waals surface area contributed by atoms with Gasteiger partial charge in [-0.25, -0.2) is 4.79 Å². The van der Waals surface area contributed by atoms with Crippen molar-refractivity contribution in [2.45, 2.75) is 26.9 Å². The molecule has 8 nitrogen and oxygen atoms in total. The van der Waals surface area contributed by atoms with Gasteiger partial charge in [0.05, 0.1) is 36.9 Å². The first-order valence-electron chi connectivity index (χ1n) is 8.02. The van der Waals surface area contributed by atoms with E-state index >= 15 is 0 Å². The summed E-state index contributed by atoms with van der Waals surface area (Å²) in [4.78, 5) is 24.6. The molecule has 1 atom stereocenters. The number of carbonyl (C=O) groups is 2. The van der Waals surface area contributed by atoms with Crippen LogP contribution >= 0.6 is 0 Å². The molecule has 0 aliphatic rings. The summed E-state index contributed by atoms with van der Waals surface area (Å²) in [7, 11) is 4.77. The molecule has 140 valence electrons. The van der Waals surface area contributed by atoms with Crippen molar-refractivity contribution < 1.29 is 23.8 Å². The summed E-state index contributed by atoms with van der Waals surface area (Å²) in [6.45, 7) is 5.15. The second-order valence-electron chi connectivity index (χ2n) is 5.78. The molecule has 0 unspecified atom stereocenters. The van der Waals surface area contributed by atoms with Crippen LogP contribution < -0.4 is 14.8 Å². The molecule has 0 aliphatic carbocycles. The zero-order chi connectivity index (χ0) is 19.4. The van der Waals surface area contributed by atoms with E-state index < -0.39 is 18.0 Å². The molecule has 26 heavy (non-hydrogen) atoms. The van der Waals surface area contributed by atoms with E-state index in [0.29, 0.717) is 22.9 Å². The Hall–Kier alpha value is -3.03. The van der Waals surface area contributed by atoms with Crippen LogP contribution in [0.25, 0.3) is 0 Å². The lowest BCUT2D eigenvalue weighted by atomic mass is 10.2. The molecule has 0 fully saturated rings. The smallest absolute Gasteiger partial charge is 0.339 e. The van der Waals surface area contributed by atoms with Crippen LogP contribution in [0.4, 0.5) is 5.69 Å². The summed E-state index contributed by atoms with van der Waals surface area (Å²) in [5.41, 5.74) is 2.38. The quantitative estimate of drug-likeness (QED) is 0.794. The maximum atomic E-state index is 12.3. The van der Waals surface area contributed by atoms with Crippen LogP contribution in [-0.2, 0) is 16.6 Å². The first kappa shape index (κ1) is 19.3. The first-order chi connectivity index (χ1) is 12.3. The number of hydrogen-bond donors (Lipinski definition) is 1. The number of rotatable bonds is 6. The highest BCUT2D eigenvalue weighted by Crippen LogP contribution is 2.28. The van der Waals surface area contributed by atoms with E-state index in [9.17, 15) is 9.59 Å². The molecule has 1 aromatic heterocycles. The summed E-state index contributed by atoms with van der Waals surface area (Å²) in [5.74, 6) is -0.163. The summed E-state index contributed by atoms with van der Waals surface area (Å²) in [5, 5.41) is 6.99. The molecule has 0 aliphatic heterocycles. The first-order valence-corrected chi connectivity index (χ1v) is 8.02. The molecule has 8 heteroatoms. The number of esters is 1. The second kappa shape index (κ2) is 7.90. The molecular weight excluding hydrogens is 338 g/mol. The van der Waals surface area contributed by atoms with Crippen molar-refractivity contribution in [3.8, 4) is 11.5 Å². The summed E-state index contributed by atoms with van der Waals surface area (Å²) < 4.78 is 17.2. The number of methoxy groups -OCH3 is 2. The molecule has 2 rings (SSSR count). The van der Waals surface area contributed by atoms with E-state index in [0.717, 1.165) is 5.69 Å². The average molecular weight is 361 g/mol. The molecule has 1 heterocycles. The van der Waals surface area contributed by atoms with Gasteiger partial charge in [0, 0.05) is 7.05 Å². The molecule has 1 aromatic carbocycles. The zero-order valence-corrected chi connectivity index (χ0v) is 15.7. The molecule has 2 aromatic rings. The van der Waals surface area contributed by atoms with Gasteiger partial charge in [-0.2, -0.15) is 5.10 Å². The van der Waals surface area contributed by atoms with Crippen molar-refractivity contribution in [1.29, 1.82) is 0 Å². The van der Waals surface area contributed by atoms with Crippen molar-refractivity contribution in [3.63, 3.8) is 0 Å². The summed E-state index contributed by atoms with van der Waals surface area (Å²) >= 11 is 0. The van der Waals surface area contributed by atoms with Crippen LogP contribution in [0.15, 0.2) is 18.2 Å². The Morgan fingerprint density at radius 3 is 2.35 bits per heavy atom. The van der Waals surface area contributed by atoms with Crippen LogP contribution in [0.5, 0.6) is 11.5 Å². The van der Waals surface area contributed by atoms with Crippen molar-refractivity contribution in [1.82, 2.24) is 9.78 Å². The Balaban J connectivity index is 2.07. The van der Waals surface area contributed by atoms with Gasteiger partial charge in [0.15, 0.2) is 17.6 Å². The third kappa shape index (κ3) is 3.96. The third-order valence-electron chi connectivity index (χ3n) is 4.03. The van der Waals surface area contributed by atoms with Gasteiger partial charge in [-0.15, -0.1) is 0 Å². The highest BCUT2D eigenvalue weighted by molar-refractivity contribution is 5.98. The topological polar surface area (TPSA) is 91.7 Å². The number of hydrogen-bond acceptors (Lipinski definition) is 6. The standard InChI is InChI=1S/C18H23N3O5/c1-10-16(11(2)21(4)20-10)19-17(22)12(3)26-18(23)13-7-8-14(24-5)15(9-13)25-6/h7-9,12H,1-6H3,(H,19,22)/t12-/m1/s1. The van der Waals surface area contributed by atoms with E-state index in [2.05, 4.69) is 10.4 Å². The van der Waals surface area contributed by atoms with Crippen molar-refractivity contribution >= 4 is 17.6 Å². The van der Waals surface area contributed by atoms with Gasteiger partial charge >= 0.3 is 5.97 Å². The van der Waals surface area contributed by atoms with E-state index in [4.69, 9.17) is 14.2 Å². The van der Waals surface area contributed by atoms with E-state index in [1.165, 1.54) is 27.2 Å². The molecule has 1 N–H and O–H groups in total. The number of aromatic nitrogens is 2. The number of benzene rings is 1. The minimum absolute atomic E-state index is 0.260. The van der Waals surface area contributed by atoms with Crippen LogP contribution in [0.2, 0.25) is 0 Å². The van der Waals surface area contributed by atoms with Crippen LogP contribution in [0, 0.1) is 13.8 Å². The van der Waals surface area contributed by atoms with E-state index in [1.807, 2.05) is 6.92 Å². The number of ether oxygens (including phenoxy) is 3. The number of amides is 1. The average Bonchev–Trinajstić information content (AvgIpc) is 2.86. The van der Waals surface area contributed by atoms with Gasteiger partial charge in [-0.05, 0) is 39.0 Å². The van der Waals surface area contributed by atoms with Gasteiger partial charge in [0.1, 0.15) is 0 Å². The van der Waals surface area contributed by atoms with Crippen LogP contribution in [0.3, 0.4) is 0 Å². The minimum Gasteiger partial charge on any atom is -0.493 e. The monoisotopic (exact) mass is 361 g/mol. The highest BCUT2D eigenvalue weighted by atomic mass is 16.5. The van der Waals surface area contributed by atoms with Gasteiger partial charge in [-0.1, -0.05) is 0 Å². The molecule has 1 amide bonds. The lowest BCUT2D eigenvalue weighted by molar-refractivity contribution is -0.123. The Bertz CT molecular complexity index is 828. The number of carbonyl (C=O) groups excluding carboxylic acids is 2. The Morgan fingerprint density at radius 2 is 1.81 bits per heavy atom. The number of aryl methyl sites for hydroxylation is 2. The predicted octanol–water partition coefficient (Wildman–Crippen LogP) is 2.24. The SMILES string of the molecule is COc1ccc(C(=O)O[C@H](C)C(=O)Nc2c(C)nn(C)c2C)cc1OC. The van der Waals surface area contributed by atoms with Crippen molar-refractivity contribution in [2.24, 2.45) is 7.05 Å². The Morgan fingerprint density at radius 1 is 1.15 bits per heavy atom. The van der Waals surface area contributed by atoms with E-state index in [1.54, 1.807) is 30.8 Å². The minimum atomic E-state index is -0.977. The Kier molecular flexibility index (Phi) is 5.86. The number of anilines is 1. The molecule has 0 spiro atoms. The molecule has 0 saturated carbocycles. The lowest BCUT2D eigenvalue weighted by Crippen LogP contribution is -2.30. The fraction of sp³-hybridized carbons (Fsp3) is 0.389. The largest absolute Gasteiger partial charge is 0.493 e. The molecule has 0 saturated heterocycles. The number of nitrogens with zero attached hydrogens (tertiary/aromatic N) is 2. The molecular formula is C18H23N3O5. The summed E-state index contributed by atoms with van der Waals surface area (Å²) in [6.07, 6.45) is -0.977. The van der Waals surface area contributed by atoms with Crippen LogP contribution in [-0.4, -0.2) is 42.0 Å². The predicted molar refractivity (Wildman–Crippen MR) is 95.7 cm³/mol. The van der Waals surface area contributed by atoms with Crippen LogP contribution in [0.1, 0.15) is 28.7 Å². The van der Waals surface area contributed by atoms with E-state index in [-0.39, 0.29) is 5.56 Å². The molecule has 0 bridgehead atoms. The summed E-state index contributed by atoms with van der Waals surface area (Å²) in [6, 6.07) is 4.65. The fourth-order valence-corrected chi connectivity index (χ4v) is 2.42. The maximum Gasteiger partial charge on any atom is 0.339 e. The third-order valence-corrected chi connectivity index (χ3v) is 4.03.